The number of aromatic nitrogens is 3. The summed E-state index contributed by atoms with van der Waals surface area (Å²) in [6, 6.07) is 0. The van der Waals surface area contributed by atoms with Crippen molar-refractivity contribution in [3.05, 3.63) is 11.9 Å². The molecule has 2 rings (SSSR count). The highest BCUT2D eigenvalue weighted by atomic mass is 16.1. The van der Waals surface area contributed by atoms with Crippen LogP contribution in [0.15, 0.2) is 6.20 Å². The number of aryl methyl sites for hydroxylation is 1. The fourth-order valence-electron chi connectivity index (χ4n) is 2.48. The Kier molecular flexibility index (Phi) is 3.05. The molecular weight excluding hydrogens is 204 g/mol. The molecule has 16 heavy (non-hydrogen) atoms. The number of ketones is 1. The van der Waals surface area contributed by atoms with Gasteiger partial charge in [0, 0.05) is 25.2 Å². The SMILES string of the molecule is Cn1cc(CC(=O)C2(CN)CCCC2)nn1. The molecule has 5 heteroatoms. The Morgan fingerprint density at radius 2 is 2.25 bits per heavy atom. The zero-order valence-electron chi connectivity index (χ0n) is 9.65. The summed E-state index contributed by atoms with van der Waals surface area (Å²) in [7, 11) is 1.80. The zero-order valence-corrected chi connectivity index (χ0v) is 9.65. The van der Waals surface area contributed by atoms with Crippen LogP contribution in [0.1, 0.15) is 31.4 Å². The average molecular weight is 222 g/mol. The lowest BCUT2D eigenvalue weighted by molar-refractivity contribution is -0.127. The number of carbonyl (C=O) groups excluding carboxylic acids is 1. The zero-order chi connectivity index (χ0) is 11.6. The summed E-state index contributed by atoms with van der Waals surface area (Å²) in [4.78, 5) is 12.2. The number of hydrogen-bond acceptors (Lipinski definition) is 4. The highest BCUT2D eigenvalue weighted by Crippen LogP contribution is 2.38. The maximum absolute atomic E-state index is 12.2. The van der Waals surface area contributed by atoms with Gasteiger partial charge in [-0.25, -0.2) is 0 Å². The van der Waals surface area contributed by atoms with Crippen LogP contribution in [0.3, 0.4) is 0 Å². The molecule has 1 aromatic rings. The molecule has 1 fully saturated rings. The number of carbonyl (C=O) groups is 1. The van der Waals surface area contributed by atoms with Gasteiger partial charge in [0.15, 0.2) is 0 Å². The third-order valence-electron chi connectivity index (χ3n) is 3.53. The second-order valence-corrected chi connectivity index (χ2v) is 4.68. The summed E-state index contributed by atoms with van der Waals surface area (Å²) in [6.45, 7) is 0.464. The third-order valence-corrected chi connectivity index (χ3v) is 3.53. The van der Waals surface area contributed by atoms with Crippen LogP contribution in [0.25, 0.3) is 0 Å². The van der Waals surface area contributed by atoms with Crippen LogP contribution < -0.4 is 5.73 Å². The maximum atomic E-state index is 12.2. The van der Waals surface area contributed by atoms with E-state index < -0.39 is 0 Å². The Morgan fingerprint density at radius 3 is 2.75 bits per heavy atom. The largest absolute Gasteiger partial charge is 0.329 e. The van der Waals surface area contributed by atoms with E-state index in [4.69, 9.17) is 5.73 Å². The first-order valence-corrected chi connectivity index (χ1v) is 5.75. The molecule has 0 bridgehead atoms. The molecule has 0 saturated heterocycles. The Morgan fingerprint density at radius 1 is 1.56 bits per heavy atom. The summed E-state index contributed by atoms with van der Waals surface area (Å²) in [5.74, 6) is 0.230. The summed E-state index contributed by atoms with van der Waals surface area (Å²) in [6.07, 6.45) is 6.25. The van der Waals surface area contributed by atoms with Gasteiger partial charge in [-0.3, -0.25) is 9.48 Å². The second-order valence-electron chi connectivity index (χ2n) is 4.68. The molecule has 0 aliphatic heterocycles. The Labute approximate surface area is 95.0 Å². The first kappa shape index (κ1) is 11.3. The van der Waals surface area contributed by atoms with Crippen LogP contribution in [0, 0.1) is 5.41 Å². The molecule has 0 aromatic carbocycles. The summed E-state index contributed by atoms with van der Waals surface area (Å²) in [5, 5.41) is 7.77. The highest BCUT2D eigenvalue weighted by molar-refractivity contribution is 5.87. The number of hydrogen-bond donors (Lipinski definition) is 1. The van der Waals surface area contributed by atoms with Crippen molar-refractivity contribution in [1.82, 2.24) is 15.0 Å². The van der Waals surface area contributed by atoms with Gasteiger partial charge in [-0.1, -0.05) is 18.1 Å². The van der Waals surface area contributed by atoms with Crippen LogP contribution in [-0.2, 0) is 18.3 Å². The minimum atomic E-state index is -0.280. The Balaban J connectivity index is 2.07. The summed E-state index contributed by atoms with van der Waals surface area (Å²) in [5.41, 5.74) is 6.23. The van der Waals surface area contributed by atoms with Gasteiger partial charge in [-0.05, 0) is 12.8 Å². The Bertz CT molecular complexity index is 379. The maximum Gasteiger partial charge on any atom is 0.146 e. The van der Waals surface area contributed by atoms with Gasteiger partial charge in [0.1, 0.15) is 5.78 Å². The van der Waals surface area contributed by atoms with Crippen molar-refractivity contribution in [2.45, 2.75) is 32.1 Å². The van der Waals surface area contributed by atoms with Crippen LogP contribution in [0.5, 0.6) is 0 Å². The van der Waals surface area contributed by atoms with Crippen molar-refractivity contribution in [2.75, 3.05) is 6.54 Å². The van der Waals surface area contributed by atoms with Gasteiger partial charge in [0.2, 0.25) is 0 Å². The van der Waals surface area contributed by atoms with Crippen LogP contribution >= 0.6 is 0 Å². The van der Waals surface area contributed by atoms with E-state index in [-0.39, 0.29) is 11.2 Å². The molecule has 1 aliphatic rings. The topological polar surface area (TPSA) is 73.8 Å². The quantitative estimate of drug-likeness (QED) is 0.802. The first-order valence-electron chi connectivity index (χ1n) is 5.75. The smallest absolute Gasteiger partial charge is 0.146 e. The molecule has 0 amide bonds. The molecule has 1 aromatic heterocycles. The lowest BCUT2D eigenvalue weighted by Crippen LogP contribution is -2.37. The molecular formula is C11H18N4O. The fourth-order valence-corrected chi connectivity index (χ4v) is 2.48. The molecule has 88 valence electrons. The van der Waals surface area contributed by atoms with Gasteiger partial charge < -0.3 is 5.73 Å². The van der Waals surface area contributed by atoms with E-state index in [0.717, 1.165) is 31.4 Å². The van der Waals surface area contributed by atoms with E-state index in [9.17, 15) is 4.79 Å². The van der Waals surface area contributed by atoms with Gasteiger partial charge in [0.05, 0.1) is 12.1 Å². The van der Waals surface area contributed by atoms with Crippen LogP contribution in [0.4, 0.5) is 0 Å². The number of nitrogens with zero attached hydrogens (tertiary/aromatic N) is 3. The summed E-state index contributed by atoms with van der Waals surface area (Å²) >= 11 is 0. The van der Waals surface area contributed by atoms with Crippen molar-refractivity contribution in [3.8, 4) is 0 Å². The van der Waals surface area contributed by atoms with Crippen molar-refractivity contribution in [1.29, 1.82) is 0 Å². The summed E-state index contributed by atoms with van der Waals surface area (Å²) < 4.78 is 1.62. The second kappa shape index (κ2) is 4.33. The number of Topliss-reactive ketones (excluding diaryl/α,β-unsaturated/α-hetero) is 1. The van der Waals surface area contributed by atoms with Gasteiger partial charge in [0.25, 0.3) is 0 Å². The van der Waals surface area contributed by atoms with E-state index >= 15 is 0 Å². The van der Waals surface area contributed by atoms with Gasteiger partial charge in [-0.15, -0.1) is 5.10 Å². The highest BCUT2D eigenvalue weighted by Gasteiger charge is 2.39. The minimum Gasteiger partial charge on any atom is -0.329 e. The van der Waals surface area contributed by atoms with E-state index in [1.165, 1.54) is 0 Å². The average Bonchev–Trinajstić information content (AvgIpc) is 2.88. The van der Waals surface area contributed by atoms with E-state index in [1.807, 2.05) is 0 Å². The van der Waals surface area contributed by atoms with Crippen molar-refractivity contribution in [3.63, 3.8) is 0 Å². The fraction of sp³-hybridized carbons (Fsp3) is 0.727. The van der Waals surface area contributed by atoms with Crippen molar-refractivity contribution < 1.29 is 4.79 Å². The van der Waals surface area contributed by atoms with Crippen molar-refractivity contribution >= 4 is 5.78 Å². The Hall–Kier alpha value is -1.23. The molecule has 1 saturated carbocycles. The van der Waals surface area contributed by atoms with Crippen LogP contribution in [0.2, 0.25) is 0 Å². The van der Waals surface area contributed by atoms with Crippen LogP contribution in [-0.4, -0.2) is 27.3 Å². The lowest BCUT2D eigenvalue weighted by Gasteiger charge is -2.24. The molecule has 1 heterocycles. The molecule has 5 nitrogen and oxygen atoms in total. The monoisotopic (exact) mass is 222 g/mol. The van der Waals surface area contributed by atoms with Crippen molar-refractivity contribution in [2.24, 2.45) is 18.2 Å². The standard InChI is InChI=1S/C11H18N4O/c1-15-7-9(13-14-15)6-10(16)11(8-12)4-2-3-5-11/h7H,2-6,8,12H2,1H3. The lowest BCUT2D eigenvalue weighted by atomic mass is 9.80. The van der Waals surface area contributed by atoms with Gasteiger partial charge >= 0.3 is 0 Å². The number of nitrogens with two attached hydrogens (primary N) is 1. The normalized spacial score (nSPS) is 18.9. The van der Waals surface area contributed by atoms with E-state index in [2.05, 4.69) is 10.3 Å². The molecule has 0 radical (unpaired) electrons. The molecule has 0 unspecified atom stereocenters. The molecule has 0 spiro atoms. The third kappa shape index (κ3) is 2.00. The first-order chi connectivity index (χ1) is 7.66. The van der Waals surface area contributed by atoms with E-state index in [1.54, 1.807) is 17.9 Å². The molecule has 1 aliphatic carbocycles. The molecule has 0 atom stereocenters. The number of rotatable bonds is 4. The van der Waals surface area contributed by atoms with Gasteiger partial charge in [-0.2, -0.15) is 0 Å². The predicted octanol–water partition coefficient (Wildman–Crippen LogP) is 0.446. The van der Waals surface area contributed by atoms with E-state index in [0.29, 0.717) is 13.0 Å². The predicted molar refractivity (Wildman–Crippen MR) is 59.7 cm³/mol. The minimum absolute atomic E-state index is 0.230. The molecule has 2 N–H and O–H groups in total.